The van der Waals surface area contributed by atoms with E-state index >= 15 is 0 Å². The Labute approximate surface area is 133 Å². The molecule has 0 bridgehead atoms. The average Bonchev–Trinajstić information content (AvgIpc) is 2.53. The van der Waals surface area contributed by atoms with Gasteiger partial charge in [-0.2, -0.15) is 0 Å². The van der Waals surface area contributed by atoms with Crippen LogP contribution < -0.4 is 0 Å². The summed E-state index contributed by atoms with van der Waals surface area (Å²) in [5.41, 5.74) is 0. The lowest BCUT2D eigenvalue weighted by molar-refractivity contribution is 0.303. The molecule has 0 spiro atoms. The summed E-state index contributed by atoms with van der Waals surface area (Å²) in [6.07, 6.45) is 27.0. The van der Waals surface area contributed by atoms with Crippen LogP contribution in [0.4, 0.5) is 0 Å². The maximum Gasteiger partial charge on any atom is 0.0330 e. The van der Waals surface area contributed by atoms with Crippen LogP contribution in [0.2, 0.25) is 0 Å². The molecule has 1 nitrogen and oxygen atoms in total. The molecule has 0 saturated carbocycles. The minimum atomic E-state index is 0.737. The van der Waals surface area contributed by atoms with E-state index in [2.05, 4.69) is 43.3 Å². The first kappa shape index (κ1) is 18.3. The smallest absolute Gasteiger partial charge is 0.0330 e. The zero-order valence-electron chi connectivity index (χ0n) is 14.5. The SMILES string of the molecule is CCCCCCCC(CCCCCCC)N1C=CCC=C1. The van der Waals surface area contributed by atoms with Gasteiger partial charge in [0.05, 0.1) is 0 Å². The number of unbranched alkanes of at least 4 members (excludes halogenated alkanes) is 8. The summed E-state index contributed by atoms with van der Waals surface area (Å²) in [4.78, 5) is 2.48. The quantitative estimate of drug-likeness (QED) is 0.337. The van der Waals surface area contributed by atoms with Gasteiger partial charge in [0.1, 0.15) is 0 Å². The molecule has 0 N–H and O–H groups in total. The molecule has 0 aromatic carbocycles. The Morgan fingerprint density at radius 1 is 0.714 bits per heavy atom. The predicted octanol–water partition coefficient (Wildman–Crippen LogP) is 6.81. The Balaban J connectivity index is 2.26. The van der Waals surface area contributed by atoms with Crippen LogP contribution in [-0.2, 0) is 0 Å². The number of hydrogen-bond donors (Lipinski definition) is 0. The van der Waals surface area contributed by atoms with E-state index in [4.69, 9.17) is 0 Å². The molecule has 0 aliphatic carbocycles. The van der Waals surface area contributed by atoms with Crippen LogP contribution in [0.1, 0.15) is 97.3 Å². The fourth-order valence-electron chi connectivity index (χ4n) is 3.15. The number of nitrogens with zero attached hydrogens (tertiary/aromatic N) is 1. The molecule has 1 aliphatic rings. The van der Waals surface area contributed by atoms with E-state index < -0.39 is 0 Å². The number of hydrogen-bond acceptors (Lipinski definition) is 1. The summed E-state index contributed by atoms with van der Waals surface area (Å²) in [5, 5.41) is 0. The van der Waals surface area contributed by atoms with Crippen LogP contribution in [0.5, 0.6) is 0 Å². The molecule has 0 fully saturated rings. The third-order valence-electron chi connectivity index (χ3n) is 4.53. The van der Waals surface area contributed by atoms with Crippen LogP contribution in [0.3, 0.4) is 0 Å². The summed E-state index contributed by atoms with van der Waals surface area (Å²) in [5.74, 6) is 0. The summed E-state index contributed by atoms with van der Waals surface area (Å²) in [7, 11) is 0. The highest BCUT2D eigenvalue weighted by Crippen LogP contribution is 2.20. The Bertz CT molecular complexity index is 254. The minimum Gasteiger partial charge on any atom is -0.352 e. The van der Waals surface area contributed by atoms with Crippen molar-refractivity contribution in [3.63, 3.8) is 0 Å². The molecule has 0 radical (unpaired) electrons. The third-order valence-corrected chi connectivity index (χ3v) is 4.53. The molecule has 122 valence electrons. The Kier molecular flexibility index (Phi) is 11.3. The normalized spacial score (nSPS) is 14.3. The van der Waals surface area contributed by atoms with Crippen LogP contribution in [-0.4, -0.2) is 10.9 Å². The number of allylic oxidation sites excluding steroid dienone is 2. The standard InChI is InChI=1S/C20H37N/c1-3-5-7-9-12-16-20(17-13-10-8-6-4-2)21-18-14-11-15-19-21/h14-15,18-20H,3-13,16-17H2,1-2H3. The molecule has 0 saturated heterocycles. The van der Waals surface area contributed by atoms with Crippen LogP contribution >= 0.6 is 0 Å². The lowest BCUT2D eigenvalue weighted by Crippen LogP contribution is -2.27. The zero-order chi connectivity index (χ0) is 15.2. The van der Waals surface area contributed by atoms with E-state index in [1.165, 1.54) is 77.0 Å². The van der Waals surface area contributed by atoms with E-state index in [1.54, 1.807) is 0 Å². The highest BCUT2D eigenvalue weighted by Gasteiger charge is 2.13. The van der Waals surface area contributed by atoms with Crippen molar-refractivity contribution >= 4 is 0 Å². The van der Waals surface area contributed by atoms with E-state index in [1.807, 2.05) is 0 Å². The summed E-state index contributed by atoms with van der Waals surface area (Å²) in [6.45, 7) is 4.59. The second-order valence-corrected chi connectivity index (χ2v) is 6.51. The van der Waals surface area contributed by atoms with Gasteiger partial charge in [-0.25, -0.2) is 0 Å². The Hall–Kier alpha value is -0.720. The molecule has 0 atom stereocenters. The van der Waals surface area contributed by atoms with Gasteiger partial charge in [-0.3, -0.25) is 0 Å². The van der Waals surface area contributed by atoms with Gasteiger partial charge >= 0.3 is 0 Å². The van der Waals surface area contributed by atoms with Crippen molar-refractivity contribution in [1.29, 1.82) is 0 Å². The van der Waals surface area contributed by atoms with Crippen LogP contribution in [0, 0.1) is 0 Å². The molecule has 0 unspecified atom stereocenters. The lowest BCUT2D eigenvalue weighted by atomic mass is 9.99. The molecule has 1 aliphatic heterocycles. The van der Waals surface area contributed by atoms with Crippen molar-refractivity contribution in [3.8, 4) is 0 Å². The molecule has 0 amide bonds. The van der Waals surface area contributed by atoms with Gasteiger partial charge < -0.3 is 4.90 Å². The molecule has 0 aromatic rings. The predicted molar refractivity (Wildman–Crippen MR) is 95.3 cm³/mol. The maximum atomic E-state index is 2.48. The van der Waals surface area contributed by atoms with Crippen LogP contribution in [0.25, 0.3) is 0 Å². The van der Waals surface area contributed by atoms with E-state index in [-0.39, 0.29) is 0 Å². The molecular weight excluding hydrogens is 254 g/mol. The molecule has 1 rings (SSSR count). The fraction of sp³-hybridized carbons (Fsp3) is 0.800. The third kappa shape index (κ3) is 9.01. The largest absolute Gasteiger partial charge is 0.352 e. The lowest BCUT2D eigenvalue weighted by Gasteiger charge is -2.29. The summed E-state index contributed by atoms with van der Waals surface area (Å²) >= 11 is 0. The van der Waals surface area contributed by atoms with Gasteiger partial charge in [0.25, 0.3) is 0 Å². The molecule has 0 aromatic heterocycles. The Morgan fingerprint density at radius 2 is 1.19 bits per heavy atom. The van der Waals surface area contributed by atoms with Crippen molar-refractivity contribution in [2.75, 3.05) is 0 Å². The van der Waals surface area contributed by atoms with Crippen molar-refractivity contribution in [2.45, 2.75) is 103 Å². The first-order valence-electron chi connectivity index (χ1n) is 9.49. The minimum absolute atomic E-state index is 0.737. The highest BCUT2D eigenvalue weighted by molar-refractivity contribution is 5.03. The van der Waals surface area contributed by atoms with Gasteiger partial charge in [-0.1, -0.05) is 90.2 Å². The maximum absolute atomic E-state index is 2.48. The molecular formula is C20H37N. The summed E-state index contributed by atoms with van der Waals surface area (Å²) in [6, 6.07) is 0.737. The highest BCUT2D eigenvalue weighted by atomic mass is 15.1. The van der Waals surface area contributed by atoms with E-state index in [0.717, 1.165) is 12.5 Å². The van der Waals surface area contributed by atoms with Gasteiger partial charge in [-0.05, 0) is 19.3 Å². The van der Waals surface area contributed by atoms with E-state index in [9.17, 15) is 0 Å². The first-order valence-corrected chi connectivity index (χ1v) is 9.49. The molecule has 1 heterocycles. The van der Waals surface area contributed by atoms with E-state index in [0.29, 0.717) is 0 Å². The summed E-state index contributed by atoms with van der Waals surface area (Å²) < 4.78 is 0. The molecule has 1 heteroatoms. The van der Waals surface area contributed by atoms with Crippen molar-refractivity contribution < 1.29 is 0 Å². The second kappa shape index (κ2) is 13.0. The first-order chi connectivity index (χ1) is 10.4. The molecule has 21 heavy (non-hydrogen) atoms. The second-order valence-electron chi connectivity index (χ2n) is 6.51. The number of rotatable bonds is 13. The fourth-order valence-corrected chi connectivity index (χ4v) is 3.15. The van der Waals surface area contributed by atoms with Crippen LogP contribution in [0.15, 0.2) is 24.6 Å². The van der Waals surface area contributed by atoms with Crippen molar-refractivity contribution in [1.82, 2.24) is 4.90 Å². The average molecular weight is 292 g/mol. The topological polar surface area (TPSA) is 3.24 Å². The van der Waals surface area contributed by atoms with Gasteiger partial charge in [0.15, 0.2) is 0 Å². The van der Waals surface area contributed by atoms with Crippen molar-refractivity contribution in [2.24, 2.45) is 0 Å². The van der Waals surface area contributed by atoms with Gasteiger partial charge in [-0.15, -0.1) is 0 Å². The van der Waals surface area contributed by atoms with Gasteiger partial charge in [0.2, 0.25) is 0 Å². The zero-order valence-corrected chi connectivity index (χ0v) is 14.5. The van der Waals surface area contributed by atoms with Crippen molar-refractivity contribution in [3.05, 3.63) is 24.6 Å². The monoisotopic (exact) mass is 291 g/mol. The van der Waals surface area contributed by atoms with Gasteiger partial charge in [0, 0.05) is 18.4 Å². The Morgan fingerprint density at radius 3 is 1.67 bits per heavy atom.